The van der Waals surface area contributed by atoms with Crippen LogP contribution in [-0.4, -0.2) is 0 Å². The third-order valence-electron chi connectivity index (χ3n) is 1.16. The molecule has 0 spiro atoms. The van der Waals surface area contributed by atoms with Crippen LogP contribution in [0.1, 0.15) is 6.92 Å². The van der Waals surface area contributed by atoms with E-state index in [9.17, 15) is 0 Å². The fourth-order valence-electron chi connectivity index (χ4n) is 0.653. The number of hydrogen-bond acceptors (Lipinski definition) is 0. The van der Waals surface area contributed by atoms with Crippen molar-refractivity contribution in [1.82, 2.24) is 0 Å². The molecule has 10 heavy (non-hydrogen) atoms. The first-order chi connectivity index (χ1) is 4.30. The van der Waals surface area contributed by atoms with Gasteiger partial charge in [0.05, 0.1) is 0 Å². The highest BCUT2D eigenvalue weighted by Gasteiger charge is 1.94. The lowest BCUT2D eigenvalue weighted by molar-refractivity contribution is -0.581. The van der Waals surface area contributed by atoms with Gasteiger partial charge in [0, 0.05) is 19.1 Å². The first-order valence-corrected chi connectivity index (χ1v) is 2.93. The van der Waals surface area contributed by atoms with Crippen LogP contribution in [0.5, 0.6) is 0 Å². The average Bonchev–Trinajstić information content (AvgIpc) is 1.90. The molecule has 0 aliphatic carbocycles. The van der Waals surface area contributed by atoms with Gasteiger partial charge in [0.15, 0.2) is 18.1 Å². The van der Waals surface area contributed by atoms with Crippen molar-refractivity contribution in [3.63, 3.8) is 0 Å². The maximum absolute atomic E-state index is 3.79. The van der Waals surface area contributed by atoms with E-state index in [1.807, 2.05) is 42.1 Å². The van der Waals surface area contributed by atoms with Crippen molar-refractivity contribution in [2.75, 3.05) is 0 Å². The van der Waals surface area contributed by atoms with Crippen LogP contribution in [0.3, 0.4) is 0 Å². The summed E-state index contributed by atoms with van der Waals surface area (Å²) in [5, 5.41) is 0. The van der Waals surface area contributed by atoms with Gasteiger partial charge >= 0.3 is 0 Å². The molecule has 0 aliphatic rings. The van der Waals surface area contributed by atoms with Gasteiger partial charge in [0.1, 0.15) is 0 Å². The van der Waals surface area contributed by atoms with Crippen LogP contribution in [0.2, 0.25) is 0 Å². The lowest BCUT2D eigenvalue weighted by Crippen LogP contribution is -3.00. The fourth-order valence-corrected chi connectivity index (χ4v) is 0.653. The number of pyridine rings is 1. The molecule has 0 atom stereocenters. The van der Waals surface area contributed by atoms with Gasteiger partial charge in [-0.15, -0.1) is 0 Å². The van der Waals surface area contributed by atoms with Crippen LogP contribution >= 0.6 is 0 Å². The van der Waals surface area contributed by atoms with Crippen molar-refractivity contribution in [3.8, 4) is 0 Å². The van der Waals surface area contributed by atoms with Crippen molar-refractivity contribution >= 4 is 5.70 Å². The normalized spacial score (nSPS) is 8.10. The Kier molecular flexibility index (Phi) is 3.96. The maximum atomic E-state index is 3.79. The van der Waals surface area contributed by atoms with E-state index in [-0.39, 0.29) is 17.0 Å². The molecule has 1 nitrogen and oxygen atoms in total. The minimum absolute atomic E-state index is 0. The van der Waals surface area contributed by atoms with E-state index in [0.717, 1.165) is 5.70 Å². The van der Waals surface area contributed by atoms with Crippen LogP contribution in [-0.2, 0) is 0 Å². The molecule has 0 aromatic carbocycles. The summed E-state index contributed by atoms with van der Waals surface area (Å²) in [6.07, 6.45) is 3.95. The molecular formula is C8H10BrN. The number of allylic oxidation sites excluding steroid dienone is 1. The van der Waals surface area contributed by atoms with Crippen molar-refractivity contribution in [3.05, 3.63) is 37.2 Å². The van der Waals surface area contributed by atoms with Crippen molar-refractivity contribution in [2.24, 2.45) is 0 Å². The van der Waals surface area contributed by atoms with E-state index >= 15 is 0 Å². The average molecular weight is 200 g/mol. The summed E-state index contributed by atoms with van der Waals surface area (Å²) in [4.78, 5) is 0. The zero-order valence-electron chi connectivity index (χ0n) is 5.92. The van der Waals surface area contributed by atoms with Gasteiger partial charge in [-0.1, -0.05) is 6.07 Å². The number of hydrogen-bond donors (Lipinski definition) is 0. The zero-order chi connectivity index (χ0) is 6.69. The summed E-state index contributed by atoms with van der Waals surface area (Å²) in [5.74, 6) is 0. The van der Waals surface area contributed by atoms with Crippen LogP contribution in [0.15, 0.2) is 37.2 Å². The summed E-state index contributed by atoms with van der Waals surface area (Å²) in [6.45, 7) is 5.76. The second kappa shape index (κ2) is 4.23. The minimum Gasteiger partial charge on any atom is -1.00 e. The van der Waals surface area contributed by atoms with Gasteiger partial charge in [0.2, 0.25) is 0 Å². The Balaban J connectivity index is 0.000000810. The van der Waals surface area contributed by atoms with Crippen molar-refractivity contribution in [1.29, 1.82) is 0 Å². The quantitative estimate of drug-likeness (QED) is 0.484. The van der Waals surface area contributed by atoms with Gasteiger partial charge < -0.3 is 17.0 Å². The molecule has 0 radical (unpaired) electrons. The first-order valence-electron chi connectivity index (χ1n) is 2.93. The standard InChI is InChI=1S/C8H10N.BrH/c1-8(2)9-6-4-3-5-7-9;/h3-7H,1H2,2H3;1H/q+1;/p-1. The van der Waals surface area contributed by atoms with Crippen LogP contribution < -0.4 is 21.5 Å². The largest absolute Gasteiger partial charge is 1.00 e. The SMILES string of the molecule is C=C(C)[n+]1ccccc1.[Br-]. The Hall–Kier alpha value is -0.630. The summed E-state index contributed by atoms with van der Waals surface area (Å²) in [6, 6.07) is 5.95. The topological polar surface area (TPSA) is 3.88 Å². The highest BCUT2D eigenvalue weighted by atomic mass is 79.9. The molecular weight excluding hydrogens is 190 g/mol. The second-order valence-electron chi connectivity index (χ2n) is 2.02. The van der Waals surface area contributed by atoms with E-state index in [4.69, 9.17) is 0 Å². The van der Waals surface area contributed by atoms with Gasteiger partial charge in [-0.05, 0) is 6.58 Å². The van der Waals surface area contributed by atoms with Crippen molar-refractivity contribution in [2.45, 2.75) is 6.92 Å². The van der Waals surface area contributed by atoms with Gasteiger partial charge in [-0.2, -0.15) is 4.57 Å². The number of rotatable bonds is 1. The Bertz CT molecular complexity index is 206. The van der Waals surface area contributed by atoms with E-state index in [2.05, 4.69) is 6.58 Å². The number of aromatic nitrogens is 1. The molecule has 0 saturated carbocycles. The molecule has 0 aliphatic heterocycles. The third-order valence-corrected chi connectivity index (χ3v) is 1.16. The highest BCUT2D eigenvalue weighted by Crippen LogP contribution is 1.84. The number of nitrogens with zero attached hydrogens (tertiary/aromatic N) is 1. The van der Waals surface area contributed by atoms with Crippen LogP contribution in [0.4, 0.5) is 0 Å². The Morgan fingerprint density at radius 1 is 1.20 bits per heavy atom. The third kappa shape index (κ3) is 2.31. The maximum Gasteiger partial charge on any atom is 0.176 e. The molecule has 0 amide bonds. The minimum atomic E-state index is 0. The van der Waals surface area contributed by atoms with Crippen LogP contribution in [0.25, 0.3) is 5.70 Å². The second-order valence-corrected chi connectivity index (χ2v) is 2.02. The Labute approximate surface area is 71.8 Å². The molecule has 1 rings (SSSR count). The van der Waals surface area contributed by atoms with E-state index in [0.29, 0.717) is 0 Å². The predicted octanol–water partition coefficient (Wildman–Crippen LogP) is -1.53. The molecule has 0 bridgehead atoms. The monoisotopic (exact) mass is 199 g/mol. The van der Waals surface area contributed by atoms with Crippen molar-refractivity contribution < 1.29 is 21.5 Å². The van der Waals surface area contributed by atoms with Gasteiger partial charge in [-0.3, -0.25) is 0 Å². The van der Waals surface area contributed by atoms with Crippen LogP contribution in [0, 0.1) is 0 Å². The van der Waals surface area contributed by atoms with Gasteiger partial charge in [-0.25, -0.2) is 0 Å². The molecule has 0 N–H and O–H groups in total. The lowest BCUT2D eigenvalue weighted by atomic mass is 10.4. The molecule has 1 aromatic rings. The summed E-state index contributed by atoms with van der Waals surface area (Å²) in [5.41, 5.74) is 1.04. The fraction of sp³-hybridized carbons (Fsp3) is 0.125. The molecule has 1 heterocycles. The lowest BCUT2D eigenvalue weighted by Gasteiger charge is -1.88. The Morgan fingerprint density at radius 3 is 2.00 bits per heavy atom. The summed E-state index contributed by atoms with van der Waals surface area (Å²) in [7, 11) is 0. The highest BCUT2D eigenvalue weighted by molar-refractivity contribution is 5.21. The van der Waals surface area contributed by atoms with E-state index in [1.54, 1.807) is 0 Å². The summed E-state index contributed by atoms with van der Waals surface area (Å²) < 4.78 is 1.97. The molecule has 2 heteroatoms. The zero-order valence-corrected chi connectivity index (χ0v) is 7.51. The molecule has 0 fully saturated rings. The first kappa shape index (κ1) is 9.37. The number of halogens is 1. The Morgan fingerprint density at radius 2 is 1.70 bits per heavy atom. The summed E-state index contributed by atoms with van der Waals surface area (Å²) >= 11 is 0. The molecule has 0 saturated heterocycles. The van der Waals surface area contributed by atoms with Gasteiger partial charge in [0.25, 0.3) is 0 Å². The van der Waals surface area contributed by atoms with E-state index < -0.39 is 0 Å². The molecule has 1 aromatic heterocycles. The smallest absolute Gasteiger partial charge is 0.176 e. The molecule has 0 unspecified atom stereocenters. The predicted molar refractivity (Wildman–Crippen MR) is 37.6 cm³/mol. The van der Waals surface area contributed by atoms with E-state index in [1.165, 1.54) is 0 Å². The molecule has 54 valence electrons.